The van der Waals surface area contributed by atoms with Gasteiger partial charge >= 0.3 is 0 Å². The zero-order valence-electron chi connectivity index (χ0n) is 14.4. The van der Waals surface area contributed by atoms with E-state index in [1.165, 1.54) is 16.8 Å². The first-order chi connectivity index (χ1) is 11.5. The van der Waals surface area contributed by atoms with Crippen molar-refractivity contribution in [3.63, 3.8) is 0 Å². The maximum absolute atomic E-state index is 12.3. The Labute approximate surface area is 142 Å². The highest BCUT2D eigenvalue weighted by Gasteiger charge is 2.14. The second-order valence-corrected chi connectivity index (χ2v) is 5.79. The van der Waals surface area contributed by atoms with Crippen molar-refractivity contribution in [2.45, 2.75) is 32.9 Å². The maximum Gasteiger partial charge on any atom is 0.271 e. The van der Waals surface area contributed by atoms with Gasteiger partial charge in [-0.05, 0) is 31.5 Å². The third kappa shape index (κ3) is 4.44. The quantitative estimate of drug-likeness (QED) is 0.843. The van der Waals surface area contributed by atoms with Crippen LogP contribution in [0.3, 0.4) is 0 Å². The predicted octanol–water partition coefficient (Wildman–Crippen LogP) is 1.91. The molecule has 0 saturated carbocycles. The van der Waals surface area contributed by atoms with Gasteiger partial charge in [0.1, 0.15) is 5.69 Å². The van der Waals surface area contributed by atoms with E-state index in [9.17, 15) is 9.59 Å². The highest BCUT2D eigenvalue weighted by Crippen LogP contribution is 2.13. The Kier molecular flexibility index (Phi) is 6.12. The standard InChI is InChI=1S/C18H24N4O2/c1-4-12-22-17(23)11-10-16(20-22)18(24)19-13-14(2)21(3)15-8-6-5-7-9-15/h5-11,14H,4,12-13H2,1-3H3,(H,19,24)/t14-/m0/s1. The molecule has 2 aromatic rings. The highest BCUT2D eigenvalue weighted by molar-refractivity contribution is 5.92. The molecule has 0 radical (unpaired) electrons. The molecule has 0 unspecified atom stereocenters. The molecule has 1 atom stereocenters. The zero-order valence-corrected chi connectivity index (χ0v) is 14.4. The van der Waals surface area contributed by atoms with E-state index >= 15 is 0 Å². The number of para-hydroxylation sites is 1. The molecule has 0 saturated heterocycles. The molecule has 1 heterocycles. The molecule has 6 heteroatoms. The molecule has 24 heavy (non-hydrogen) atoms. The minimum absolute atomic E-state index is 0.123. The van der Waals surface area contributed by atoms with Crippen molar-refractivity contribution in [3.05, 3.63) is 58.5 Å². The molecule has 1 aromatic carbocycles. The van der Waals surface area contributed by atoms with E-state index in [4.69, 9.17) is 0 Å². The van der Waals surface area contributed by atoms with Crippen LogP contribution in [0.15, 0.2) is 47.3 Å². The van der Waals surface area contributed by atoms with Crippen molar-refractivity contribution in [2.75, 3.05) is 18.5 Å². The topological polar surface area (TPSA) is 67.2 Å². The summed E-state index contributed by atoms with van der Waals surface area (Å²) in [7, 11) is 1.99. The van der Waals surface area contributed by atoms with E-state index in [1.54, 1.807) is 0 Å². The van der Waals surface area contributed by atoms with Gasteiger partial charge in [0.2, 0.25) is 0 Å². The van der Waals surface area contributed by atoms with Gasteiger partial charge in [0.15, 0.2) is 0 Å². The molecule has 0 aliphatic carbocycles. The summed E-state index contributed by atoms with van der Waals surface area (Å²) in [5, 5.41) is 7.00. The number of aromatic nitrogens is 2. The van der Waals surface area contributed by atoms with Gasteiger partial charge < -0.3 is 10.2 Å². The average Bonchev–Trinajstić information content (AvgIpc) is 2.61. The molecular weight excluding hydrogens is 304 g/mol. The number of carbonyl (C=O) groups is 1. The smallest absolute Gasteiger partial charge is 0.271 e. The van der Waals surface area contributed by atoms with Gasteiger partial charge in [-0.2, -0.15) is 5.10 Å². The Morgan fingerprint density at radius 1 is 1.25 bits per heavy atom. The lowest BCUT2D eigenvalue weighted by Gasteiger charge is -2.27. The molecule has 0 aliphatic rings. The van der Waals surface area contributed by atoms with Crippen molar-refractivity contribution < 1.29 is 4.79 Å². The summed E-state index contributed by atoms with van der Waals surface area (Å²) in [5.41, 5.74) is 1.16. The molecule has 128 valence electrons. The zero-order chi connectivity index (χ0) is 17.5. The fraction of sp³-hybridized carbons (Fsp3) is 0.389. The van der Waals surface area contributed by atoms with Gasteiger partial charge in [-0.1, -0.05) is 25.1 Å². The first kappa shape index (κ1) is 17.7. The lowest BCUT2D eigenvalue weighted by atomic mass is 10.2. The lowest BCUT2D eigenvalue weighted by Crippen LogP contribution is -2.40. The fourth-order valence-corrected chi connectivity index (χ4v) is 2.33. The highest BCUT2D eigenvalue weighted by atomic mass is 16.2. The summed E-state index contributed by atoms with van der Waals surface area (Å²) in [6.07, 6.45) is 0.789. The number of nitrogens with zero attached hydrogens (tertiary/aromatic N) is 3. The summed E-state index contributed by atoms with van der Waals surface area (Å²) >= 11 is 0. The van der Waals surface area contributed by atoms with Crippen LogP contribution < -0.4 is 15.8 Å². The third-order valence-corrected chi connectivity index (χ3v) is 3.92. The van der Waals surface area contributed by atoms with Crippen LogP contribution >= 0.6 is 0 Å². The van der Waals surface area contributed by atoms with Crippen molar-refractivity contribution in [2.24, 2.45) is 0 Å². The second kappa shape index (κ2) is 8.29. The summed E-state index contributed by atoms with van der Waals surface area (Å²) < 4.78 is 1.33. The maximum atomic E-state index is 12.3. The molecule has 0 bridgehead atoms. The molecule has 1 N–H and O–H groups in total. The number of carbonyl (C=O) groups excluding carboxylic acids is 1. The number of benzene rings is 1. The average molecular weight is 328 g/mol. The van der Waals surface area contributed by atoms with Crippen LogP contribution in [0.2, 0.25) is 0 Å². The minimum atomic E-state index is -0.270. The van der Waals surface area contributed by atoms with Crippen LogP contribution in [-0.2, 0) is 6.54 Å². The molecule has 0 aliphatic heterocycles. The Hall–Kier alpha value is -2.63. The predicted molar refractivity (Wildman–Crippen MR) is 95.4 cm³/mol. The Bertz CT molecular complexity index is 727. The third-order valence-electron chi connectivity index (χ3n) is 3.92. The van der Waals surface area contributed by atoms with E-state index in [-0.39, 0.29) is 23.2 Å². The van der Waals surface area contributed by atoms with Gasteiger partial charge in [0, 0.05) is 37.9 Å². The first-order valence-corrected chi connectivity index (χ1v) is 8.17. The van der Waals surface area contributed by atoms with Gasteiger partial charge in [-0.3, -0.25) is 9.59 Å². The van der Waals surface area contributed by atoms with Crippen LogP contribution in [0.5, 0.6) is 0 Å². The van der Waals surface area contributed by atoms with E-state index < -0.39 is 0 Å². The number of nitrogens with one attached hydrogen (secondary N) is 1. The number of likely N-dealkylation sites (N-methyl/N-ethyl adjacent to an activating group) is 1. The van der Waals surface area contributed by atoms with Gasteiger partial charge in [0.05, 0.1) is 0 Å². The molecule has 1 amide bonds. The Balaban J connectivity index is 1.97. The molecule has 0 fully saturated rings. The van der Waals surface area contributed by atoms with Crippen LogP contribution in [0.4, 0.5) is 5.69 Å². The number of amides is 1. The Morgan fingerprint density at radius 2 is 1.96 bits per heavy atom. The van der Waals surface area contributed by atoms with Gasteiger partial charge in [-0.15, -0.1) is 0 Å². The molecular formula is C18H24N4O2. The number of rotatable bonds is 7. The van der Waals surface area contributed by atoms with Gasteiger partial charge in [0.25, 0.3) is 11.5 Å². The van der Waals surface area contributed by atoms with Crippen LogP contribution in [0, 0.1) is 0 Å². The fourth-order valence-electron chi connectivity index (χ4n) is 2.33. The van der Waals surface area contributed by atoms with Gasteiger partial charge in [-0.25, -0.2) is 4.68 Å². The summed E-state index contributed by atoms with van der Waals surface area (Å²) in [4.78, 5) is 26.0. The lowest BCUT2D eigenvalue weighted by molar-refractivity contribution is 0.0944. The summed E-state index contributed by atoms with van der Waals surface area (Å²) in [5.74, 6) is -0.270. The van der Waals surface area contributed by atoms with Crippen molar-refractivity contribution in [3.8, 4) is 0 Å². The number of anilines is 1. The molecule has 2 rings (SSSR count). The van der Waals surface area contributed by atoms with Crippen LogP contribution in [-0.4, -0.2) is 35.3 Å². The van der Waals surface area contributed by atoms with Crippen LogP contribution in [0.25, 0.3) is 0 Å². The van der Waals surface area contributed by atoms with E-state index in [1.807, 2.05) is 51.2 Å². The van der Waals surface area contributed by atoms with Crippen molar-refractivity contribution in [1.82, 2.24) is 15.1 Å². The van der Waals surface area contributed by atoms with Crippen molar-refractivity contribution >= 4 is 11.6 Å². The van der Waals surface area contributed by atoms with E-state index in [0.29, 0.717) is 13.1 Å². The normalized spacial score (nSPS) is 11.8. The van der Waals surface area contributed by atoms with Crippen LogP contribution in [0.1, 0.15) is 30.8 Å². The molecule has 1 aromatic heterocycles. The number of hydrogen-bond donors (Lipinski definition) is 1. The number of aryl methyl sites for hydroxylation is 1. The summed E-state index contributed by atoms with van der Waals surface area (Å²) in [6.45, 7) is 4.99. The largest absolute Gasteiger partial charge is 0.370 e. The Morgan fingerprint density at radius 3 is 2.62 bits per heavy atom. The summed E-state index contributed by atoms with van der Waals surface area (Å²) in [6, 6.07) is 13.0. The van der Waals surface area contributed by atoms with Crippen molar-refractivity contribution in [1.29, 1.82) is 0 Å². The second-order valence-electron chi connectivity index (χ2n) is 5.79. The van der Waals surface area contributed by atoms with E-state index in [0.717, 1.165) is 12.1 Å². The monoisotopic (exact) mass is 328 g/mol. The van der Waals surface area contributed by atoms with E-state index in [2.05, 4.69) is 15.3 Å². The first-order valence-electron chi connectivity index (χ1n) is 8.17. The molecule has 6 nitrogen and oxygen atoms in total. The number of hydrogen-bond acceptors (Lipinski definition) is 4. The SMILES string of the molecule is CCCn1nc(C(=O)NC[C@H](C)N(C)c2ccccc2)ccc1=O. The minimum Gasteiger partial charge on any atom is -0.370 e. The molecule has 0 spiro atoms.